The standard InChI is InChI=1S/C19H18N.C5H8O2.Ir/c1-12-5-6-18-17(10-12)15(4)11-19(20-18)16-8-13(2)7-14(3)9-16;1-4(6)3-5(2)7;/h5-8,10-11H,1-4H3;3,6H,1-2H3;/q-1;;. The van der Waals surface area contributed by atoms with Crippen molar-refractivity contribution in [3.05, 3.63) is 76.6 Å². The quantitative estimate of drug-likeness (QED) is 0.242. The predicted octanol–water partition coefficient (Wildman–Crippen LogP) is 5.97. The van der Waals surface area contributed by atoms with Crippen LogP contribution in [-0.4, -0.2) is 15.9 Å². The maximum absolute atomic E-state index is 10.0. The molecule has 1 aromatic heterocycles. The van der Waals surface area contributed by atoms with Gasteiger partial charge in [0.25, 0.3) is 0 Å². The van der Waals surface area contributed by atoms with Gasteiger partial charge in [-0.1, -0.05) is 31.5 Å². The maximum Gasteiger partial charge on any atom is 0.155 e. The summed E-state index contributed by atoms with van der Waals surface area (Å²) in [7, 11) is 0. The SMILES string of the molecule is CC(=O)C=C(C)O.Cc1[c-]c(-c2cc(C)c3cc(C)ccc3n2)cc(C)c1.[Ir]. The largest absolute Gasteiger partial charge is 0.512 e. The van der Waals surface area contributed by atoms with E-state index in [0.29, 0.717) is 0 Å². The molecule has 2 aromatic carbocycles. The Kier molecular flexibility index (Phi) is 8.74. The van der Waals surface area contributed by atoms with Gasteiger partial charge in [0.15, 0.2) is 5.78 Å². The number of aromatic nitrogens is 1. The molecule has 3 nitrogen and oxygen atoms in total. The second-order valence-corrected chi connectivity index (χ2v) is 7.00. The molecule has 0 aliphatic rings. The maximum atomic E-state index is 10.0. The van der Waals surface area contributed by atoms with Crippen LogP contribution in [0.15, 0.2) is 48.2 Å². The monoisotopic (exact) mass is 553 g/mol. The summed E-state index contributed by atoms with van der Waals surface area (Å²) in [4.78, 5) is 14.8. The summed E-state index contributed by atoms with van der Waals surface area (Å²) < 4.78 is 0. The van der Waals surface area contributed by atoms with Crippen molar-refractivity contribution in [2.45, 2.75) is 41.5 Å². The molecule has 0 bridgehead atoms. The molecule has 0 spiro atoms. The summed E-state index contributed by atoms with van der Waals surface area (Å²) in [5.74, 6) is -0.0625. The van der Waals surface area contributed by atoms with E-state index in [1.165, 1.54) is 42.0 Å². The van der Waals surface area contributed by atoms with Crippen molar-refractivity contribution >= 4 is 16.7 Å². The van der Waals surface area contributed by atoms with Crippen LogP contribution in [0.5, 0.6) is 0 Å². The molecule has 1 radical (unpaired) electrons. The van der Waals surface area contributed by atoms with E-state index >= 15 is 0 Å². The Balaban J connectivity index is 0.000000425. The van der Waals surface area contributed by atoms with Gasteiger partial charge in [0.05, 0.1) is 11.3 Å². The zero-order valence-electron chi connectivity index (χ0n) is 17.2. The third kappa shape index (κ3) is 6.70. The van der Waals surface area contributed by atoms with Crippen LogP contribution >= 0.6 is 0 Å². The van der Waals surface area contributed by atoms with Gasteiger partial charge in [0.2, 0.25) is 0 Å². The summed E-state index contributed by atoms with van der Waals surface area (Å²) in [5.41, 5.74) is 8.08. The van der Waals surface area contributed by atoms with Crippen LogP contribution in [0.4, 0.5) is 0 Å². The van der Waals surface area contributed by atoms with Gasteiger partial charge in [-0.3, -0.25) is 9.78 Å². The molecule has 3 rings (SSSR count). The normalized spacial score (nSPS) is 10.7. The Hall–Kier alpha value is -2.29. The fourth-order valence-electron chi connectivity index (χ4n) is 2.97. The van der Waals surface area contributed by atoms with Crippen molar-refractivity contribution in [3.63, 3.8) is 0 Å². The molecule has 0 atom stereocenters. The predicted molar refractivity (Wildman–Crippen MR) is 112 cm³/mol. The van der Waals surface area contributed by atoms with Gasteiger partial charge in [0, 0.05) is 31.6 Å². The van der Waals surface area contributed by atoms with E-state index in [0.717, 1.165) is 22.3 Å². The Labute approximate surface area is 180 Å². The Morgan fingerprint density at radius 2 is 1.68 bits per heavy atom. The first-order valence-corrected chi connectivity index (χ1v) is 8.92. The molecule has 0 amide bonds. The summed E-state index contributed by atoms with van der Waals surface area (Å²) in [5, 5.41) is 9.60. The van der Waals surface area contributed by atoms with Crippen LogP contribution in [0.1, 0.15) is 36.1 Å². The van der Waals surface area contributed by atoms with Crippen molar-refractivity contribution in [1.29, 1.82) is 0 Å². The van der Waals surface area contributed by atoms with E-state index in [-0.39, 0.29) is 31.6 Å². The Morgan fingerprint density at radius 3 is 2.21 bits per heavy atom. The first kappa shape index (κ1) is 23.7. The van der Waals surface area contributed by atoms with Crippen molar-refractivity contribution < 1.29 is 30.0 Å². The number of carbonyl (C=O) groups is 1. The number of rotatable bonds is 2. The molecular formula is C24H26IrNO2-. The number of aliphatic hydroxyl groups is 1. The number of nitrogens with zero attached hydrogens (tertiary/aromatic N) is 1. The molecule has 3 aromatic rings. The number of carbonyl (C=O) groups excluding carboxylic acids is 1. The van der Waals surface area contributed by atoms with Gasteiger partial charge in [-0.05, 0) is 51.1 Å². The number of ketones is 1. The number of aryl methyl sites for hydroxylation is 4. The molecule has 149 valence electrons. The number of hydrogen-bond acceptors (Lipinski definition) is 3. The summed E-state index contributed by atoms with van der Waals surface area (Å²) >= 11 is 0. The van der Waals surface area contributed by atoms with Crippen LogP contribution in [0, 0.1) is 33.8 Å². The first-order chi connectivity index (χ1) is 12.7. The third-order valence-electron chi connectivity index (χ3n) is 4.01. The molecular weight excluding hydrogens is 526 g/mol. The van der Waals surface area contributed by atoms with Gasteiger partial charge < -0.3 is 5.11 Å². The average molecular weight is 553 g/mol. The minimum atomic E-state index is -0.125. The number of allylic oxidation sites excluding steroid dienone is 2. The van der Waals surface area contributed by atoms with E-state index in [1.807, 2.05) is 0 Å². The summed E-state index contributed by atoms with van der Waals surface area (Å²) in [6.45, 7) is 11.3. The fraction of sp³-hybridized carbons (Fsp3) is 0.250. The smallest absolute Gasteiger partial charge is 0.155 e. The fourth-order valence-corrected chi connectivity index (χ4v) is 2.97. The van der Waals surface area contributed by atoms with Gasteiger partial charge in [-0.2, -0.15) is 0 Å². The van der Waals surface area contributed by atoms with Crippen LogP contribution in [-0.2, 0) is 24.9 Å². The Morgan fingerprint density at radius 1 is 1.00 bits per heavy atom. The van der Waals surface area contributed by atoms with Crippen molar-refractivity contribution in [2.24, 2.45) is 0 Å². The molecule has 4 heteroatoms. The number of pyridine rings is 1. The zero-order valence-corrected chi connectivity index (χ0v) is 19.6. The molecule has 0 unspecified atom stereocenters. The molecule has 0 fully saturated rings. The van der Waals surface area contributed by atoms with E-state index in [9.17, 15) is 4.79 Å². The molecule has 28 heavy (non-hydrogen) atoms. The van der Waals surface area contributed by atoms with Crippen molar-refractivity contribution in [2.75, 3.05) is 0 Å². The van der Waals surface area contributed by atoms with Crippen LogP contribution in [0.2, 0.25) is 0 Å². The van der Waals surface area contributed by atoms with E-state index in [4.69, 9.17) is 10.1 Å². The number of benzene rings is 2. The van der Waals surface area contributed by atoms with E-state index in [2.05, 4.69) is 70.2 Å². The molecule has 1 N–H and O–H groups in total. The number of hydrogen-bond donors (Lipinski definition) is 1. The summed E-state index contributed by atoms with van der Waals surface area (Å²) in [6, 6.07) is 16.3. The van der Waals surface area contributed by atoms with E-state index in [1.54, 1.807) is 0 Å². The second kappa shape index (κ2) is 10.3. The van der Waals surface area contributed by atoms with Gasteiger partial charge in [-0.15, -0.1) is 34.9 Å². The first-order valence-electron chi connectivity index (χ1n) is 8.92. The summed E-state index contributed by atoms with van der Waals surface area (Å²) in [6.07, 6.45) is 1.17. The van der Waals surface area contributed by atoms with Crippen LogP contribution in [0.25, 0.3) is 22.2 Å². The van der Waals surface area contributed by atoms with Gasteiger partial charge in [-0.25, -0.2) is 0 Å². The minimum absolute atomic E-state index is 0. The second-order valence-electron chi connectivity index (χ2n) is 7.00. The van der Waals surface area contributed by atoms with E-state index < -0.39 is 0 Å². The molecule has 0 saturated heterocycles. The molecule has 0 aliphatic carbocycles. The van der Waals surface area contributed by atoms with Crippen LogP contribution in [0.3, 0.4) is 0 Å². The average Bonchev–Trinajstić information content (AvgIpc) is 2.53. The molecule has 1 heterocycles. The molecule has 0 aliphatic heterocycles. The topological polar surface area (TPSA) is 50.2 Å². The minimum Gasteiger partial charge on any atom is -0.512 e. The zero-order chi connectivity index (χ0) is 20.1. The number of fused-ring (bicyclic) bond motifs is 1. The van der Waals surface area contributed by atoms with Gasteiger partial charge in [0.1, 0.15) is 0 Å². The van der Waals surface area contributed by atoms with Crippen molar-refractivity contribution in [3.8, 4) is 11.3 Å². The van der Waals surface area contributed by atoms with Crippen molar-refractivity contribution in [1.82, 2.24) is 4.98 Å². The Bertz CT molecular complexity index is 998. The van der Waals surface area contributed by atoms with Crippen LogP contribution < -0.4 is 0 Å². The van der Waals surface area contributed by atoms with Gasteiger partial charge >= 0.3 is 0 Å². The number of aliphatic hydroxyl groups excluding tert-OH is 1. The third-order valence-corrected chi connectivity index (χ3v) is 4.01. The molecule has 0 saturated carbocycles.